The van der Waals surface area contributed by atoms with Crippen molar-refractivity contribution >= 4 is 39.6 Å². The van der Waals surface area contributed by atoms with Crippen LogP contribution in [0.15, 0.2) is 42.5 Å². The van der Waals surface area contributed by atoms with E-state index in [0.717, 1.165) is 36.0 Å². The largest absolute Gasteiger partial charge is 0.494 e. The van der Waals surface area contributed by atoms with Gasteiger partial charge in [-0.05, 0) is 73.2 Å². The summed E-state index contributed by atoms with van der Waals surface area (Å²) in [6.07, 6.45) is 1.50. The number of anilines is 1. The van der Waals surface area contributed by atoms with Gasteiger partial charge in [0.1, 0.15) is 28.9 Å². The van der Waals surface area contributed by atoms with Crippen LogP contribution in [0.25, 0.3) is 44.8 Å². The first-order chi connectivity index (χ1) is 22.2. The smallest absolute Gasteiger partial charge is 0.254 e. The van der Waals surface area contributed by atoms with Crippen LogP contribution in [0, 0.1) is 11.7 Å². The summed E-state index contributed by atoms with van der Waals surface area (Å²) in [6, 6.07) is 11.8. The molecule has 46 heavy (non-hydrogen) atoms. The lowest BCUT2D eigenvalue weighted by molar-refractivity contribution is -0.115. The highest BCUT2D eigenvalue weighted by Gasteiger charge is 2.31. The number of nitrogens with zero attached hydrogens (tertiary/aromatic N) is 5. The number of methoxy groups -OCH3 is 1. The number of hydrogen-bond acceptors (Lipinski definition) is 6. The topological polar surface area (TPSA) is 120 Å². The van der Waals surface area contributed by atoms with Crippen LogP contribution in [0.3, 0.4) is 0 Å². The highest BCUT2D eigenvalue weighted by Crippen LogP contribution is 2.39. The summed E-state index contributed by atoms with van der Waals surface area (Å²) in [4.78, 5) is 36.8. The zero-order valence-electron chi connectivity index (χ0n) is 25.5. The summed E-state index contributed by atoms with van der Waals surface area (Å²) in [5, 5.41) is 3.58. The number of hydrogen-bond donors (Lipinski definition) is 2. The van der Waals surface area contributed by atoms with Crippen molar-refractivity contribution in [2.24, 2.45) is 18.7 Å². The summed E-state index contributed by atoms with van der Waals surface area (Å²) in [7, 11) is 3.45. The normalized spacial score (nSPS) is 19.6. The second-order valence-corrected chi connectivity index (χ2v) is 12.8. The second-order valence-electron chi connectivity index (χ2n) is 12.8. The van der Waals surface area contributed by atoms with Gasteiger partial charge in [0.25, 0.3) is 5.91 Å². The van der Waals surface area contributed by atoms with E-state index >= 15 is 4.39 Å². The first-order valence-corrected chi connectivity index (χ1v) is 15.5. The van der Waals surface area contributed by atoms with Gasteiger partial charge < -0.3 is 29.8 Å². The molecule has 5 aromatic rings. The number of amides is 2. The molecule has 236 valence electrons. The fourth-order valence-corrected chi connectivity index (χ4v) is 6.89. The van der Waals surface area contributed by atoms with Crippen LogP contribution in [0.1, 0.15) is 35.2 Å². The number of aryl methyl sites for hydroxylation is 1. The third kappa shape index (κ3) is 4.79. The molecule has 0 unspecified atom stereocenters. The average molecular weight is 626 g/mol. The van der Waals surface area contributed by atoms with Gasteiger partial charge in [0, 0.05) is 48.4 Å². The van der Waals surface area contributed by atoms with E-state index in [0.29, 0.717) is 56.7 Å². The molecule has 8 rings (SSSR count). The molecular weight excluding hydrogens is 592 g/mol. The Morgan fingerprint density at radius 2 is 1.96 bits per heavy atom. The van der Waals surface area contributed by atoms with Crippen molar-refractivity contribution in [2.75, 3.05) is 25.5 Å². The third-order valence-electron chi connectivity index (χ3n) is 9.32. The van der Waals surface area contributed by atoms with E-state index < -0.39 is 18.0 Å². The minimum atomic E-state index is -1.16. The standard InChI is InChI=1S/C34H33F2N7O3/c1-41-31-27(8-20(10-29(31)46-2)34(45)42-15-21(35)12-22(37)16-42)40-33(41)28-9-18-5-6-25(39-32(18)43(28)14-17-3-4-17)23-7-19-11-30(44)38-26(19)13-24(23)36/h5-10,13,17,21-22H,3-4,11-12,14-16,37H2,1-2H3,(H,38,44)/t21-,22-/m1/s1. The van der Waals surface area contributed by atoms with E-state index in [1.807, 2.05) is 23.7 Å². The zero-order chi connectivity index (χ0) is 31.9. The molecule has 3 aromatic heterocycles. The molecule has 2 aliphatic heterocycles. The molecule has 2 fully saturated rings. The van der Waals surface area contributed by atoms with Gasteiger partial charge >= 0.3 is 0 Å². The number of carbonyl (C=O) groups is 2. The second kappa shape index (κ2) is 10.6. The molecule has 2 amide bonds. The number of piperidine rings is 1. The minimum Gasteiger partial charge on any atom is -0.494 e. The molecule has 1 saturated heterocycles. The van der Waals surface area contributed by atoms with Crippen LogP contribution in [-0.4, -0.2) is 68.2 Å². The molecule has 2 aromatic carbocycles. The van der Waals surface area contributed by atoms with Gasteiger partial charge in [-0.15, -0.1) is 0 Å². The van der Waals surface area contributed by atoms with Crippen molar-refractivity contribution in [1.82, 2.24) is 24.0 Å². The highest BCUT2D eigenvalue weighted by molar-refractivity contribution is 6.01. The molecule has 3 N–H and O–H groups in total. The number of nitrogens with two attached hydrogens (primary N) is 1. The Balaban J connectivity index is 1.23. The quantitative estimate of drug-likeness (QED) is 0.279. The summed E-state index contributed by atoms with van der Waals surface area (Å²) in [5.74, 6) is 0.717. The molecule has 0 radical (unpaired) electrons. The van der Waals surface area contributed by atoms with Crippen molar-refractivity contribution < 1.29 is 23.1 Å². The lowest BCUT2D eigenvalue weighted by Crippen LogP contribution is -2.50. The van der Waals surface area contributed by atoms with Crippen LogP contribution < -0.4 is 15.8 Å². The Morgan fingerprint density at radius 1 is 1.13 bits per heavy atom. The maximum Gasteiger partial charge on any atom is 0.254 e. The molecule has 12 heteroatoms. The van der Waals surface area contributed by atoms with Crippen molar-refractivity contribution in [2.45, 2.75) is 44.4 Å². The fourth-order valence-electron chi connectivity index (χ4n) is 6.89. The van der Waals surface area contributed by atoms with Gasteiger partial charge in [-0.2, -0.15) is 0 Å². The Bertz CT molecular complexity index is 2070. The average Bonchev–Trinajstić information content (AvgIpc) is 3.55. The van der Waals surface area contributed by atoms with Crippen molar-refractivity contribution in [3.63, 3.8) is 0 Å². The number of benzene rings is 2. The van der Waals surface area contributed by atoms with Gasteiger partial charge in [0.15, 0.2) is 5.82 Å². The number of imidazole rings is 1. The van der Waals surface area contributed by atoms with Crippen molar-refractivity contribution in [1.29, 1.82) is 0 Å². The Morgan fingerprint density at radius 3 is 2.72 bits per heavy atom. The molecule has 1 saturated carbocycles. The molecular formula is C34H33F2N7O3. The SMILES string of the molecule is COc1cc(C(=O)N2C[C@H](N)C[C@@H](F)C2)cc2nc(-c3cc4ccc(-c5cc6c(cc5F)NC(=O)C6)nc4n3CC3CC3)n(C)c12. The summed E-state index contributed by atoms with van der Waals surface area (Å²) >= 11 is 0. The van der Waals surface area contributed by atoms with Crippen LogP contribution >= 0.6 is 0 Å². The molecule has 3 aliphatic rings. The fraction of sp³-hybridized carbons (Fsp3) is 0.353. The molecule has 5 heterocycles. The van der Waals surface area contributed by atoms with E-state index in [4.69, 9.17) is 20.4 Å². The predicted octanol–water partition coefficient (Wildman–Crippen LogP) is 4.82. The molecule has 1 aliphatic carbocycles. The van der Waals surface area contributed by atoms with Gasteiger partial charge in [0.2, 0.25) is 5.91 Å². The Hall–Kier alpha value is -4.84. The summed E-state index contributed by atoms with van der Waals surface area (Å²) in [5.41, 5.74) is 11.3. The Labute approximate surface area is 263 Å². The maximum atomic E-state index is 15.3. The molecule has 10 nitrogen and oxygen atoms in total. The molecule has 0 bridgehead atoms. The number of alkyl halides is 1. The minimum absolute atomic E-state index is 0.000975. The monoisotopic (exact) mass is 625 g/mol. The number of aromatic nitrogens is 4. The lowest BCUT2D eigenvalue weighted by atomic mass is 10.0. The number of halogens is 2. The molecule has 0 spiro atoms. The predicted molar refractivity (Wildman–Crippen MR) is 170 cm³/mol. The zero-order valence-corrected chi connectivity index (χ0v) is 25.5. The van der Waals surface area contributed by atoms with E-state index in [9.17, 15) is 14.0 Å². The van der Waals surface area contributed by atoms with Gasteiger partial charge in [-0.1, -0.05) is 0 Å². The van der Waals surface area contributed by atoms with E-state index in [-0.39, 0.29) is 37.7 Å². The van der Waals surface area contributed by atoms with Gasteiger partial charge in [-0.3, -0.25) is 9.59 Å². The number of rotatable bonds is 6. The molecule has 2 atom stereocenters. The lowest BCUT2D eigenvalue weighted by Gasteiger charge is -2.33. The van der Waals surface area contributed by atoms with E-state index in [2.05, 4.69) is 9.88 Å². The number of nitrogens with one attached hydrogen (secondary N) is 1. The van der Waals surface area contributed by atoms with Crippen molar-refractivity contribution in [3.05, 3.63) is 59.4 Å². The van der Waals surface area contributed by atoms with E-state index in [1.165, 1.54) is 11.0 Å². The summed E-state index contributed by atoms with van der Waals surface area (Å²) < 4.78 is 39.4. The maximum absolute atomic E-state index is 15.3. The number of pyridine rings is 1. The first kappa shape index (κ1) is 28.6. The third-order valence-corrected chi connectivity index (χ3v) is 9.32. The summed E-state index contributed by atoms with van der Waals surface area (Å²) in [6.45, 7) is 1.01. The number of likely N-dealkylation sites (tertiary alicyclic amines) is 1. The number of carbonyl (C=O) groups excluding carboxylic acids is 2. The van der Waals surface area contributed by atoms with Crippen LogP contribution in [-0.2, 0) is 24.8 Å². The number of fused-ring (bicyclic) bond motifs is 3. The van der Waals surface area contributed by atoms with Crippen LogP contribution in [0.4, 0.5) is 14.5 Å². The highest BCUT2D eigenvalue weighted by atomic mass is 19.1. The number of ether oxygens (including phenoxy) is 1. The first-order valence-electron chi connectivity index (χ1n) is 15.5. The van der Waals surface area contributed by atoms with Crippen LogP contribution in [0.2, 0.25) is 0 Å². The Kier molecular flexibility index (Phi) is 6.61. The van der Waals surface area contributed by atoms with Crippen molar-refractivity contribution in [3.8, 4) is 28.5 Å². The van der Waals surface area contributed by atoms with E-state index in [1.54, 1.807) is 31.4 Å². The van der Waals surface area contributed by atoms with Crippen LogP contribution in [0.5, 0.6) is 5.75 Å². The van der Waals surface area contributed by atoms with Gasteiger partial charge in [0.05, 0.1) is 37.0 Å². The van der Waals surface area contributed by atoms with Gasteiger partial charge in [-0.25, -0.2) is 18.7 Å².